The van der Waals surface area contributed by atoms with E-state index >= 15 is 0 Å². The van der Waals surface area contributed by atoms with Gasteiger partial charge in [-0.25, -0.2) is 12.7 Å². The lowest BCUT2D eigenvalue weighted by molar-refractivity contribution is 0.408. The van der Waals surface area contributed by atoms with Crippen LogP contribution >= 0.6 is 11.6 Å². The van der Waals surface area contributed by atoms with Gasteiger partial charge in [-0.2, -0.15) is 8.42 Å². The van der Waals surface area contributed by atoms with Gasteiger partial charge in [-0.3, -0.25) is 0 Å². The molecule has 7 nitrogen and oxygen atoms in total. The first-order valence-corrected chi connectivity index (χ1v) is 12.6. The van der Waals surface area contributed by atoms with Gasteiger partial charge >= 0.3 is 0 Å². The smallest absolute Gasteiger partial charge is 0.285 e. The molecular formula is C18H24ClN3O4S2. The lowest BCUT2D eigenvalue weighted by Gasteiger charge is -2.23. The number of amidine groups is 1. The summed E-state index contributed by atoms with van der Waals surface area (Å²) in [5, 5.41) is 0.527. The molecular weight excluding hydrogens is 422 g/mol. The molecule has 0 amide bonds. The molecule has 0 aliphatic carbocycles. The van der Waals surface area contributed by atoms with Gasteiger partial charge in [0.15, 0.2) is 0 Å². The molecule has 0 unspecified atom stereocenters. The van der Waals surface area contributed by atoms with Crippen molar-refractivity contribution in [3.05, 3.63) is 40.4 Å². The van der Waals surface area contributed by atoms with Gasteiger partial charge in [0.05, 0.1) is 5.75 Å². The first-order valence-electron chi connectivity index (χ1n) is 9.20. The molecule has 10 heteroatoms. The summed E-state index contributed by atoms with van der Waals surface area (Å²) < 4.78 is 55.6. The Morgan fingerprint density at radius 1 is 1.11 bits per heavy atom. The third kappa shape index (κ3) is 4.27. The topological polar surface area (TPSA) is 87.1 Å². The molecule has 0 bridgehead atoms. The molecule has 1 aromatic carbocycles. The minimum Gasteiger partial charge on any atom is -0.354 e. The molecule has 2 aliphatic rings. The zero-order chi connectivity index (χ0) is 20.5. The molecule has 0 atom stereocenters. The van der Waals surface area contributed by atoms with Crippen molar-refractivity contribution < 1.29 is 16.8 Å². The fraction of sp³-hybridized carbons (Fsp3) is 0.500. The predicted molar refractivity (Wildman–Crippen MR) is 112 cm³/mol. The Balaban J connectivity index is 1.87. The van der Waals surface area contributed by atoms with E-state index in [0.29, 0.717) is 61.0 Å². The van der Waals surface area contributed by atoms with Crippen molar-refractivity contribution in [2.24, 2.45) is 4.40 Å². The fourth-order valence-corrected chi connectivity index (χ4v) is 6.71. The fourth-order valence-electron chi connectivity index (χ4n) is 3.56. The van der Waals surface area contributed by atoms with Crippen LogP contribution in [0.1, 0.15) is 32.3 Å². The first kappa shape index (κ1) is 21.3. The zero-order valence-electron chi connectivity index (χ0n) is 15.9. The van der Waals surface area contributed by atoms with E-state index in [9.17, 15) is 16.8 Å². The first-order chi connectivity index (χ1) is 13.2. The van der Waals surface area contributed by atoms with Crippen molar-refractivity contribution in [3.8, 4) is 0 Å². The molecule has 2 aliphatic heterocycles. The maximum absolute atomic E-state index is 12.7. The molecule has 1 fully saturated rings. The van der Waals surface area contributed by atoms with E-state index < -0.39 is 20.0 Å². The Bertz CT molecular complexity index is 1020. The molecule has 154 valence electrons. The second-order valence-electron chi connectivity index (χ2n) is 6.91. The van der Waals surface area contributed by atoms with Crippen LogP contribution in [0.2, 0.25) is 5.02 Å². The molecule has 1 saturated heterocycles. The third-order valence-corrected chi connectivity index (χ3v) is 8.66. The summed E-state index contributed by atoms with van der Waals surface area (Å²) in [6.45, 7) is 5.30. The van der Waals surface area contributed by atoms with Crippen LogP contribution in [-0.4, -0.2) is 63.8 Å². The Hall–Kier alpha value is -1.42. The maximum atomic E-state index is 12.7. The number of halogens is 1. The predicted octanol–water partition coefficient (Wildman–Crippen LogP) is 2.56. The summed E-state index contributed by atoms with van der Waals surface area (Å²) in [6.07, 6.45) is 1.19. The van der Waals surface area contributed by atoms with Crippen LogP contribution < -0.4 is 0 Å². The van der Waals surface area contributed by atoms with Crippen LogP contribution in [0.4, 0.5) is 0 Å². The normalized spacial score (nSPS) is 21.0. The van der Waals surface area contributed by atoms with Crippen molar-refractivity contribution >= 4 is 42.4 Å². The summed E-state index contributed by atoms with van der Waals surface area (Å²) in [7, 11) is -7.09. The second kappa shape index (κ2) is 8.14. The summed E-state index contributed by atoms with van der Waals surface area (Å²) in [4.78, 5) is 2.05. The lowest BCUT2D eigenvalue weighted by atomic mass is 10.1. The Labute approximate surface area is 171 Å². The minimum atomic E-state index is -3.81. The molecule has 0 aromatic heterocycles. The number of nitrogens with zero attached hydrogens (tertiary/aromatic N) is 3. The van der Waals surface area contributed by atoms with E-state index in [-0.39, 0.29) is 10.7 Å². The summed E-state index contributed by atoms with van der Waals surface area (Å²) >= 11 is 5.91. The van der Waals surface area contributed by atoms with Gasteiger partial charge in [0.25, 0.3) is 10.0 Å². The Morgan fingerprint density at radius 3 is 2.43 bits per heavy atom. The molecule has 0 spiro atoms. The molecule has 2 heterocycles. The largest absolute Gasteiger partial charge is 0.354 e. The van der Waals surface area contributed by atoms with Crippen LogP contribution in [0.15, 0.2) is 34.2 Å². The Kier molecular flexibility index (Phi) is 6.19. The number of sulfonamides is 2. The van der Waals surface area contributed by atoms with Gasteiger partial charge in [0, 0.05) is 36.8 Å². The second-order valence-corrected chi connectivity index (χ2v) is 11.0. The van der Waals surface area contributed by atoms with Crippen LogP contribution in [0.5, 0.6) is 0 Å². The lowest BCUT2D eigenvalue weighted by Crippen LogP contribution is -2.38. The average molecular weight is 446 g/mol. The van der Waals surface area contributed by atoms with Gasteiger partial charge in [0.2, 0.25) is 10.0 Å². The van der Waals surface area contributed by atoms with E-state index in [1.807, 2.05) is 11.8 Å². The number of hydrogen-bond donors (Lipinski definition) is 0. The van der Waals surface area contributed by atoms with Gasteiger partial charge in [-0.15, -0.1) is 4.40 Å². The number of benzene rings is 1. The van der Waals surface area contributed by atoms with E-state index in [0.717, 1.165) is 0 Å². The van der Waals surface area contributed by atoms with Crippen molar-refractivity contribution in [3.63, 3.8) is 0 Å². The summed E-state index contributed by atoms with van der Waals surface area (Å²) in [5.74, 6) is 0.529. The molecule has 3 rings (SSSR count). The zero-order valence-corrected chi connectivity index (χ0v) is 18.3. The van der Waals surface area contributed by atoms with Crippen molar-refractivity contribution in [1.82, 2.24) is 9.21 Å². The van der Waals surface area contributed by atoms with Crippen LogP contribution in [0, 0.1) is 0 Å². The number of hydrogen-bond acceptors (Lipinski definition) is 5. The van der Waals surface area contributed by atoms with Crippen molar-refractivity contribution in [2.45, 2.75) is 26.7 Å². The Morgan fingerprint density at radius 2 is 1.79 bits per heavy atom. The highest BCUT2D eigenvalue weighted by molar-refractivity contribution is 8.00. The SMILES string of the molecule is CCCS(=O)(=O)N1CCCN(C2=NS(=O)(=O)C(c3ccc(Cl)cc3)=C2C)CC1. The minimum absolute atomic E-state index is 0.127. The van der Waals surface area contributed by atoms with E-state index in [4.69, 9.17) is 11.6 Å². The highest BCUT2D eigenvalue weighted by atomic mass is 35.5. The molecule has 1 aromatic rings. The third-order valence-electron chi connectivity index (χ3n) is 4.86. The highest BCUT2D eigenvalue weighted by Crippen LogP contribution is 2.34. The van der Waals surface area contributed by atoms with Crippen LogP contribution in [-0.2, 0) is 20.0 Å². The average Bonchev–Trinajstić information content (AvgIpc) is 2.79. The van der Waals surface area contributed by atoms with Gasteiger partial charge in [-0.05, 0) is 37.5 Å². The monoisotopic (exact) mass is 445 g/mol. The summed E-state index contributed by atoms with van der Waals surface area (Å²) in [6, 6.07) is 6.62. The maximum Gasteiger partial charge on any atom is 0.285 e. The van der Waals surface area contributed by atoms with E-state index in [2.05, 4.69) is 4.40 Å². The molecule has 0 saturated carbocycles. The molecule has 0 N–H and O–H groups in total. The van der Waals surface area contributed by atoms with Crippen LogP contribution in [0.25, 0.3) is 4.91 Å². The summed E-state index contributed by atoms with van der Waals surface area (Å²) in [5.41, 5.74) is 1.12. The van der Waals surface area contributed by atoms with E-state index in [1.54, 1.807) is 31.2 Å². The van der Waals surface area contributed by atoms with Gasteiger partial charge < -0.3 is 4.90 Å². The number of rotatable bonds is 4. The molecule has 28 heavy (non-hydrogen) atoms. The quantitative estimate of drug-likeness (QED) is 0.710. The van der Waals surface area contributed by atoms with Crippen LogP contribution in [0.3, 0.4) is 0 Å². The van der Waals surface area contributed by atoms with E-state index in [1.165, 1.54) is 4.31 Å². The molecule has 0 radical (unpaired) electrons. The standard InChI is InChI=1S/C18H24ClN3O4S2/c1-3-13-27(23,24)22-10-4-9-21(11-12-22)18-14(2)17(28(25,26)20-18)15-5-7-16(19)8-6-15/h5-8H,3-4,9-13H2,1-2H3. The van der Waals surface area contributed by atoms with Crippen molar-refractivity contribution in [2.75, 3.05) is 31.9 Å². The van der Waals surface area contributed by atoms with Gasteiger partial charge in [0.1, 0.15) is 10.7 Å². The van der Waals surface area contributed by atoms with Crippen molar-refractivity contribution in [1.29, 1.82) is 0 Å². The van der Waals surface area contributed by atoms with Gasteiger partial charge in [-0.1, -0.05) is 30.7 Å². The highest BCUT2D eigenvalue weighted by Gasteiger charge is 2.34.